The molecular formula is C92H92BrClN18O5. The normalized spacial score (nSPS) is 17.5. The number of fused-ring (bicyclic) bond motifs is 6. The van der Waals surface area contributed by atoms with Crippen molar-refractivity contribution in [2.45, 2.75) is 84.5 Å². The largest absolute Gasteiger partial charge is 0.444 e. The second kappa shape index (κ2) is 35.1. The van der Waals surface area contributed by atoms with E-state index in [0.717, 1.165) is 83.4 Å². The van der Waals surface area contributed by atoms with E-state index in [1.54, 1.807) is 59.6 Å². The first-order chi connectivity index (χ1) is 56.6. The molecule has 0 saturated carbocycles. The number of aryl methyl sites for hydroxylation is 4. The molecule has 25 heteroatoms. The van der Waals surface area contributed by atoms with Crippen LogP contribution in [0, 0.1) is 43.4 Å². The SMILES string of the molecule is Cc1ccc2c(c1)C=C(Cn1ccnc1C)c1cc(Cl)cnc1C2N1CCN(C(=O)Nc2ccc(C#N)cc2)CC1.Cc1nccn1CC1=Cc2ccccc2C(N2CCN(C(=O)Nc3ccc(C#N)cc3)CC2)c2ncc(Br)cc21.Cn1cccc1C(O)C1=Cc2cccnc2[C@@H](N2CCN(C(=O)OC(C)(C)C)CC2)c2ccccc21. The number of nitrogens with zero attached hydrogens (tertiary/aromatic N) is 16. The Morgan fingerprint density at radius 2 is 1.03 bits per heavy atom. The van der Waals surface area contributed by atoms with Gasteiger partial charge in [0.05, 0.1) is 69.2 Å². The van der Waals surface area contributed by atoms with E-state index in [1.165, 1.54) is 27.8 Å². The number of carbonyl (C=O) groups is 3. The number of aliphatic hydroxyl groups is 1. The van der Waals surface area contributed by atoms with E-state index in [2.05, 4.69) is 164 Å². The maximum atomic E-state index is 13.0. The standard InChI is InChI=1S/C32H30ClN7O.C31H28BrN7O.C29H34N4O3/c1-21-3-8-28-24(15-21)16-25(20-40-10-9-35-22(40)2)29-17-26(33)19-36-30(29)31(28)38-11-13-39(14-12-38)32(41)37-27-6-4-23(18-34)5-7-27;1-21-34-10-11-39(21)20-24-16-23-4-2-3-5-27(23)30(29-28(24)17-25(32)19-35-29)37-12-14-38(15-13-37)31(40)36-26-8-6-22(18-33)7-9-26;1-29(2,3)36-28(35)33-17-15-32(16-18-33)26-22-11-6-5-10-21(22)23(19-20-9-7-13-30-25(20)26)27(34)24-12-8-14-31(24)4/h3-10,15-17,19,31H,11-14,20H2,1-2H3,(H,37,41);2-11,16-17,19,30H,12-15,20H2,1H3,(H,36,40);5-14,19,26-27,34H,15-18H2,1-4H3/t;;26-,27?/m..0/s1. The topological polar surface area (TPSA) is 251 Å². The molecular weight excluding hydrogens is 1550 g/mol. The predicted molar refractivity (Wildman–Crippen MR) is 459 cm³/mol. The lowest BCUT2D eigenvalue weighted by atomic mass is 9.91. The van der Waals surface area contributed by atoms with Crippen LogP contribution in [0.4, 0.5) is 25.8 Å². The molecule has 11 aromatic rings. The number of halogens is 2. The Labute approximate surface area is 695 Å². The van der Waals surface area contributed by atoms with Crippen molar-refractivity contribution >= 4 is 92.0 Å². The van der Waals surface area contributed by atoms with Gasteiger partial charge in [-0.25, -0.2) is 24.4 Å². The van der Waals surface area contributed by atoms with Crippen LogP contribution in [0.3, 0.4) is 0 Å². The van der Waals surface area contributed by atoms with Gasteiger partial charge in [-0.15, -0.1) is 0 Å². The first-order valence-corrected chi connectivity index (χ1v) is 40.5. The average Bonchev–Trinajstić information content (AvgIpc) is 1.64. The van der Waals surface area contributed by atoms with E-state index in [-0.39, 0.29) is 36.3 Å². The van der Waals surface area contributed by atoms with Crippen molar-refractivity contribution in [3.63, 3.8) is 0 Å². The van der Waals surface area contributed by atoms with Gasteiger partial charge in [0.25, 0.3) is 0 Å². The summed E-state index contributed by atoms with van der Waals surface area (Å²) in [5, 5.41) is 36.1. The number of aromatic nitrogens is 8. The molecule has 0 spiro atoms. The lowest BCUT2D eigenvalue weighted by molar-refractivity contribution is 0.0117. The third-order valence-corrected chi connectivity index (χ3v) is 23.0. The Balaban J connectivity index is 0.000000138. The van der Waals surface area contributed by atoms with Gasteiger partial charge in [0.2, 0.25) is 0 Å². The molecule has 17 rings (SSSR count). The van der Waals surface area contributed by atoms with E-state index >= 15 is 0 Å². The van der Waals surface area contributed by atoms with Crippen LogP contribution in [0.2, 0.25) is 5.02 Å². The first-order valence-electron chi connectivity index (χ1n) is 39.4. The maximum absolute atomic E-state index is 13.0. The zero-order valence-corrected chi connectivity index (χ0v) is 68.8. The average molecular weight is 1650 g/mol. The lowest BCUT2D eigenvalue weighted by Gasteiger charge is -2.40. The number of hydrogen-bond acceptors (Lipinski definition) is 15. The van der Waals surface area contributed by atoms with Gasteiger partial charge in [-0.3, -0.25) is 29.7 Å². The van der Waals surface area contributed by atoms with Crippen LogP contribution in [0.25, 0.3) is 34.9 Å². The van der Waals surface area contributed by atoms with Crippen molar-refractivity contribution in [2.24, 2.45) is 7.05 Å². The number of imidazole rings is 2. The number of amides is 5. The highest BCUT2D eigenvalue weighted by Gasteiger charge is 2.39. The molecule has 594 valence electrons. The molecule has 117 heavy (non-hydrogen) atoms. The Kier molecular flexibility index (Phi) is 24.0. The summed E-state index contributed by atoms with van der Waals surface area (Å²) in [6.07, 6.45) is 20.6. The predicted octanol–water partition coefficient (Wildman–Crippen LogP) is 16.3. The van der Waals surface area contributed by atoms with Crippen LogP contribution in [-0.4, -0.2) is 175 Å². The summed E-state index contributed by atoms with van der Waals surface area (Å²) in [6, 6.07) is 53.0. The molecule has 23 nitrogen and oxygen atoms in total. The molecule has 3 fully saturated rings. The van der Waals surface area contributed by atoms with Gasteiger partial charge < -0.3 is 48.9 Å². The quantitative estimate of drug-likeness (QED) is 0.109. The summed E-state index contributed by atoms with van der Waals surface area (Å²) >= 11 is 10.2. The van der Waals surface area contributed by atoms with Gasteiger partial charge in [0, 0.05) is 175 Å². The molecule has 9 heterocycles. The summed E-state index contributed by atoms with van der Waals surface area (Å²) in [4.78, 5) is 75.0. The van der Waals surface area contributed by atoms with Gasteiger partial charge in [-0.05, 0) is 210 Å². The van der Waals surface area contributed by atoms with Crippen LogP contribution in [0.5, 0.6) is 0 Å². The molecule has 3 unspecified atom stereocenters. The number of hydrogen-bond donors (Lipinski definition) is 3. The highest BCUT2D eigenvalue weighted by atomic mass is 79.9. The lowest BCUT2D eigenvalue weighted by Crippen LogP contribution is -2.51. The molecule has 0 radical (unpaired) electrons. The molecule has 4 atom stereocenters. The number of piperazine rings is 3. The second-order valence-electron chi connectivity index (χ2n) is 31.1. The third kappa shape index (κ3) is 18.0. The maximum Gasteiger partial charge on any atom is 0.410 e. The number of pyridine rings is 3. The van der Waals surface area contributed by atoms with Gasteiger partial charge in [0.15, 0.2) is 0 Å². The Morgan fingerprint density at radius 3 is 1.57 bits per heavy atom. The number of urea groups is 2. The van der Waals surface area contributed by atoms with Crippen molar-refractivity contribution in [2.75, 3.05) is 89.2 Å². The summed E-state index contributed by atoms with van der Waals surface area (Å²) in [7, 11) is 1.95. The van der Waals surface area contributed by atoms with Gasteiger partial charge in [-0.1, -0.05) is 90.0 Å². The summed E-state index contributed by atoms with van der Waals surface area (Å²) < 4.78 is 12.8. The molecule has 3 aliphatic heterocycles. The summed E-state index contributed by atoms with van der Waals surface area (Å²) in [5.74, 6) is 1.91. The Morgan fingerprint density at radius 1 is 0.530 bits per heavy atom. The zero-order valence-electron chi connectivity index (χ0n) is 66.5. The van der Waals surface area contributed by atoms with E-state index in [0.29, 0.717) is 119 Å². The zero-order chi connectivity index (χ0) is 81.6. The number of nitrogens with one attached hydrogen (secondary N) is 2. The minimum Gasteiger partial charge on any atom is -0.444 e. The number of allylic oxidation sites excluding steroid dienone is 2. The highest BCUT2D eigenvalue weighted by molar-refractivity contribution is 9.10. The molecule has 5 aromatic carbocycles. The fourth-order valence-electron chi connectivity index (χ4n) is 16.3. The smallest absolute Gasteiger partial charge is 0.410 e. The molecule has 3 N–H and O–H groups in total. The van der Waals surface area contributed by atoms with Crippen molar-refractivity contribution in [1.82, 2.24) is 68.0 Å². The monoisotopic (exact) mass is 1640 g/mol. The van der Waals surface area contributed by atoms with Crippen molar-refractivity contribution in [3.05, 3.63) is 312 Å². The number of aliphatic hydroxyl groups excluding tert-OH is 1. The fourth-order valence-corrected chi connectivity index (χ4v) is 16.8. The number of anilines is 2. The summed E-state index contributed by atoms with van der Waals surface area (Å²) in [5.41, 5.74) is 20.1. The van der Waals surface area contributed by atoms with E-state index < -0.39 is 11.7 Å². The summed E-state index contributed by atoms with van der Waals surface area (Å²) in [6.45, 7) is 20.9. The third-order valence-electron chi connectivity index (χ3n) is 22.4. The molecule has 5 amide bonds. The number of nitriles is 2. The van der Waals surface area contributed by atoms with E-state index in [9.17, 15) is 19.5 Å². The first kappa shape index (κ1) is 80.1. The van der Waals surface area contributed by atoms with Crippen LogP contribution in [0.1, 0.15) is 146 Å². The molecule has 3 aliphatic carbocycles. The molecule has 3 saturated heterocycles. The molecule has 6 aromatic heterocycles. The molecule has 0 bridgehead atoms. The number of carbonyl (C=O) groups excluding carboxylic acids is 3. The minimum atomic E-state index is -0.776. The van der Waals surface area contributed by atoms with Gasteiger partial charge in [-0.2, -0.15) is 10.5 Å². The van der Waals surface area contributed by atoms with Crippen LogP contribution in [0.15, 0.2) is 206 Å². The Bertz CT molecular complexity index is 5690. The fraction of sp³-hybridized carbons (Fsp3) is 0.283. The van der Waals surface area contributed by atoms with Crippen LogP contribution in [-0.2, 0) is 24.9 Å². The number of ether oxygens (including phenoxy) is 1. The van der Waals surface area contributed by atoms with Gasteiger partial charge in [0.1, 0.15) is 23.4 Å². The number of rotatable bonds is 11. The number of benzene rings is 5. The van der Waals surface area contributed by atoms with Crippen LogP contribution >= 0.6 is 27.5 Å². The van der Waals surface area contributed by atoms with Crippen molar-refractivity contribution < 1.29 is 24.2 Å². The van der Waals surface area contributed by atoms with E-state index in [4.69, 9.17) is 41.8 Å². The Hall–Kier alpha value is -12.1. The highest BCUT2D eigenvalue weighted by Crippen LogP contribution is 2.46. The second-order valence-corrected chi connectivity index (χ2v) is 32.4. The van der Waals surface area contributed by atoms with E-state index in [1.807, 2.05) is 136 Å². The molecule has 6 aliphatic rings. The van der Waals surface area contributed by atoms with Crippen molar-refractivity contribution in [1.29, 1.82) is 10.5 Å². The van der Waals surface area contributed by atoms with Crippen molar-refractivity contribution in [3.8, 4) is 12.1 Å². The van der Waals surface area contributed by atoms with Crippen LogP contribution < -0.4 is 10.6 Å². The van der Waals surface area contributed by atoms with Gasteiger partial charge >= 0.3 is 18.2 Å². The minimum absolute atomic E-state index is 0.0410.